The van der Waals surface area contributed by atoms with Crippen molar-refractivity contribution in [3.8, 4) is 0 Å². The van der Waals surface area contributed by atoms with E-state index in [9.17, 15) is 9.18 Å². The Morgan fingerprint density at radius 3 is 2.65 bits per heavy atom. The number of hydrogen-bond donors (Lipinski definition) is 2. The van der Waals surface area contributed by atoms with Gasteiger partial charge in [0.15, 0.2) is 0 Å². The zero-order valence-electron chi connectivity index (χ0n) is 11.5. The van der Waals surface area contributed by atoms with Gasteiger partial charge in [-0.15, -0.1) is 0 Å². The van der Waals surface area contributed by atoms with Crippen molar-refractivity contribution in [3.05, 3.63) is 65.0 Å². The van der Waals surface area contributed by atoms with E-state index >= 15 is 0 Å². The van der Waals surface area contributed by atoms with E-state index in [1.54, 1.807) is 12.1 Å². The summed E-state index contributed by atoms with van der Waals surface area (Å²) in [5.41, 5.74) is 3.22. The van der Waals surface area contributed by atoms with Crippen LogP contribution in [0.15, 0.2) is 42.5 Å². The van der Waals surface area contributed by atoms with Crippen LogP contribution in [0.25, 0.3) is 0 Å². The van der Waals surface area contributed by atoms with Crippen molar-refractivity contribution in [3.63, 3.8) is 0 Å². The molecule has 2 aromatic carbocycles. The standard InChI is InChI=1S/C16H17FN2O/c1-11-7-8-14(17)15(9-11)19-16(20)18-10-13-6-4-3-5-12(13)2/h3-9H,10H2,1-2H3,(H2,18,19,20). The number of amides is 2. The highest BCUT2D eigenvalue weighted by molar-refractivity contribution is 5.89. The first-order valence-corrected chi connectivity index (χ1v) is 6.42. The molecule has 20 heavy (non-hydrogen) atoms. The van der Waals surface area contributed by atoms with Gasteiger partial charge in [-0.3, -0.25) is 0 Å². The summed E-state index contributed by atoms with van der Waals surface area (Å²) >= 11 is 0. The average Bonchev–Trinajstić information content (AvgIpc) is 2.42. The highest BCUT2D eigenvalue weighted by atomic mass is 19.1. The Morgan fingerprint density at radius 2 is 1.90 bits per heavy atom. The molecule has 0 heterocycles. The van der Waals surface area contributed by atoms with Crippen molar-refractivity contribution < 1.29 is 9.18 Å². The molecule has 0 spiro atoms. The first-order chi connectivity index (χ1) is 9.56. The fraction of sp³-hybridized carbons (Fsp3) is 0.188. The highest BCUT2D eigenvalue weighted by Gasteiger charge is 2.07. The van der Waals surface area contributed by atoms with E-state index in [1.165, 1.54) is 6.07 Å². The van der Waals surface area contributed by atoms with Crippen molar-refractivity contribution in [2.75, 3.05) is 5.32 Å². The molecule has 0 fully saturated rings. The molecule has 0 unspecified atom stereocenters. The van der Waals surface area contributed by atoms with Crippen LogP contribution < -0.4 is 10.6 Å². The van der Waals surface area contributed by atoms with Gasteiger partial charge < -0.3 is 10.6 Å². The molecular weight excluding hydrogens is 255 g/mol. The molecular formula is C16H17FN2O. The molecule has 0 saturated carbocycles. The van der Waals surface area contributed by atoms with E-state index in [0.29, 0.717) is 6.54 Å². The molecule has 0 aromatic heterocycles. The first kappa shape index (κ1) is 14.1. The molecule has 2 aromatic rings. The van der Waals surface area contributed by atoms with Crippen LogP contribution in [-0.4, -0.2) is 6.03 Å². The smallest absolute Gasteiger partial charge is 0.319 e. The maximum atomic E-state index is 13.5. The molecule has 0 aliphatic heterocycles. The molecule has 2 N–H and O–H groups in total. The number of hydrogen-bond acceptors (Lipinski definition) is 1. The van der Waals surface area contributed by atoms with Gasteiger partial charge in [-0.05, 0) is 42.7 Å². The van der Waals surface area contributed by atoms with E-state index in [2.05, 4.69) is 10.6 Å². The van der Waals surface area contributed by atoms with Gasteiger partial charge in [0.2, 0.25) is 0 Å². The molecule has 0 bridgehead atoms. The van der Waals surface area contributed by atoms with Gasteiger partial charge in [-0.25, -0.2) is 9.18 Å². The summed E-state index contributed by atoms with van der Waals surface area (Å²) < 4.78 is 13.5. The monoisotopic (exact) mass is 272 g/mol. The molecule has 2 rings (SSSR count). The minimum atomic E-state index is -0.443. The Kier molecular flexibility index (Phi) is 4.35. The lowest BCUT2D eigenvalue weighted by Crippen LogP contribution is -2.28. The van der Waals surface area contributed by atoms with Crippen LogP contribution in [0.2, 0.25) is 0 Å². The van der Waals surface area contributed by atoms with Gasteiger partial charge >= 0.3 is 6.03 Å². The van der Waals surface area contributed by atoms with Crippen molar-refractivity contribution >= 4 is 11.7 Å². The van der Waals surface area contributed by atoms with E-state index < -0.39 is 11.8 Å². The summed E-state index contributed by atoms with van der Waals surface area (Å²) in [6.45, 7) is 4.23. The Bertz CT molecular complexity index is 626. The SMILES string of the molecule is Cc1ccc(F)c(NC(=O)NCc2ccccc2C)c1. The van der Waals surface area contributed by atoms with E-state index in [0.717, 1.165) is 16.7 Å². The van der Waals surface area contributed by atoms with Crippen molar-refractivity contribution in [2.24, 2.45) is 0 Å². The number of aryl methyl sites for hydroxylation is 2. The summed E-state index contributed by atoms with van der Waals surface area (Å²) in [4.78, 5) is 11.8. The second-order valence-electron chi connectivity index (χ2n) is 4.72. The second-order valence-corrected chi connectivity index (χ2v) is 4.72. The number of rotatable bonds is 3. The number of nitrogens with one attached hydrogen (secondary N) is 2. The average molecular weight is 272 g/mol. The molecule has 4 heteroatoms. The van der Waals surface area contributed by atoms with Crippen LogP contribution in [0.5, 0.6) is 0 Å². The van der Waals surface area contributed by atoms with E-state index in [-0.39, 0.29) is 5.69 Å². The van der Waals surface area contributed by atoms with Gasteiger partial charge in [0.05, 0.1) is 5.69 Å². The molecule has 104 valence electrons. The number of carbonyl (C=O) groups excluding carboxylic acids is 1. The number of urea groups is 1. The number of anilines is 1. The Hall–Kier alpha value is -2.36. The van der Waals surface area contributed by atoms with Crippen LogP contribution in [-0.2, 0) is 6.54 Å². The number of carbonyl (C=O) groups is 1. The van der Waals surface area contributed by atoms with Gasteiger partial charge in [-0.1, -0.05) is 30.3 Å². The van der Waals surface area contributed by atoms with Crippen molar-refractivity contribution in [2.45, 2.75) is 20.4 Å². The van der Waals surface area contributed by atoms with Gasteiger partial charge in [-0.2, -0.15) is 0 Å². The minimum Gasteiger partial charge on any atom is -0.334 e. The van der Waals surface area contributed by atoms with Crippen LogP contribution in [0.1, 0.15) is 16.7 Å². The lowest BCUT2D eigenvalue weighted by atomic mass is 10.1. The van der Waals surface area contributed by atoms with Crippen LogP contribution in [0.3, 0.4) is 0 Å². The van der Waals surface area contributed by atoms with Crippen LogP contribution in [0.4, 0.5) is 14.9 Å². The number of benzene rings is 2. The first-order valence-electron chi connectivity index (χ1n) is 6.42. The topological polar surface area (TPSA) is 41.1 Å². The van der Waals surface area contributed by atoms with Crippen LogP contribution >= 0.6 is 0 Å². The Balaban J connectivity index is 1.96. The largest absolute Gasteiger partial charge is 0.334 e. The predicted octanol–water partition coefficient (Wildman–Crippen LogP) is 3.76. The highest BCUT2D eigenvalue weighted by Crippen LogP contribution is 2.15. The lowest BCUT2D eigenvalue weighted by Gasteiger charge is -2.10. The molecule has 0 atom stereocenters. The van der Waals surface area contributed by atoms with E-state index in [4.69, 9.17) is 0 Å². The van der Waals surface area contributed by atoms with Gasteiger partial charge in [0, 0.05) is 6.54 Å². The zero-order chi connectivity index (χ0) is 14.5. The maximum absolute atomic E-state index is 13.5. The molecule has 0 aliphatic carbocycles. The van der Waals surface area contributed by atoms with Gasteiger partial charge in [0.1, 0.15) is 5.82 Å². The molecule has 0 aliphatic rings. The van der Waals surface area contributed by atoms with Gasteiger partial charge in [0.25, 0.3) is 0 Å². The Morgan fingerprint density at radius 1 is 1.15 bits per heavy atom. The third-order valence-corrected chi connectivity index (χ3v) is 3.07. The van der Waals surface area contributed by atoms with E-state index in [1.807, 2.05) is 38.1 Å². The molecule has 2 amide bonds. The summed E-state index contributed by atoms with van der Waals surface area (Å²) in [5, 5.41) is 5.23. The third kappa shape index (κ3) is 3.57. The minimum absolute atomic E-state index is 0.187. The van der Waals surface area contributed by atoms with Crippen molar-refractivity contribution in [1.82, 2.24) is 5.32 Å². The summed E-state index contributed by atoms with van der Waals surface area (Å²) in [5.74, 6) is -0.443. The zero-order valence-corrected chi connectivity index (χ0v) is 11.5. The molecule has 0 radical (unpaired) electrons. The predicted molar refractivity (Wildman–Crippen MR) is 78.2 cm³/mol. The quantitative estimate of drug-likeness (QED) is 0.877. The summed E-state index contributed by atoms with van der Waals surface area (Å²) in [6, 6.07) is 12.0. The van der Waals surface area contributed by atoms with Crippen LogP contribution in [0, 0.1) is 19.7 Å². The third-order valence-electron chi connectivity index (χ3n) is 3.07. The fourth-order valence-electron chi connectivity index (χ4n) is 1.89. The Labute approximate surface area is 117 Å². The second kappa shape index (κ2) is 6.19. The molecule has 3 nitrogen and oxygen atoms in total. The van der Waals surface area contributed by atoms with Crippen molar-refractivity contribution in [1.29, 1.82) is 0 Å². The normalized spacial score (nSPS) is 10.2. The fourth-order valence-corrected chi connectivity index (χ4v) is 1.89. The summed E-state index contributed by atoms with van der Waals surface area (Å²) in [6.07, 6.45) is 0. The lowest BCUT2D eigenvalue weighted by molar-refractivity contribution is 0.251. The molecule has 0 saturated heterocycles. The maximum Gasteiger partial charge on any atom is 0.319 e. The number of halogens is 1. The summed E-state index contributed by atoms with van der Waals surface area (Å²) in [7, 11) is 0.